The average Bonchev–Trinajstić information content (AvgIpc) is 3.08. The van der Waals surface area contributed by atoms with Gasteiger partial charge in [0.05, 0.1) is 18.4 Å². The molecule has 0 aliphatic carbocycles. The molecule has 0 spiro atoms. The van der Waals surface area contributed by atoms with Crippen LogP contribution in [-0.2, 0) is 6.54 Å². The second-order valence-corrected chi connectivity index (χ2v) is 5.16. The second-order valence-electron chi connectivity index (χ2n) is 4.26. The quantitative estimate of drug-likeness (QED) is 0.763. The number of aryl methyl sites for hydroxylation is 1. The molecule has 2 heterocycles. The van der Waals surface area contributed by atoms with Gasteiger partial charge in [0.1, 0.15) is 10.8 Å². The van der Waals surface area contributed by atoms with Crippen molar-refractivity contribution in [2.75, 3.05) is 5.32 Å². The zero-order chi connectivity index (χ0) is 13.1. The summed E-state index contributed by atoms with van der Waals surface area (Å²) in [7, 11) is 0. The lowest BCUT2D eigenvalue weighted by Gasteiger charge is -2.05. The van der Waals surface area contributed by atoms with Crippen molar-refractivity contribution in [3.63, 3.8) is 0 Å². The van der Waals surface area contributed by atoms with Gasteiger partial charge in [0.25, 0.3) is 0 Å². The standard InChI is InChI=1S/C14H14N4S/c1-10-16-8-13(18-10)9-17-12-4-2-11(3-5-12)14-15-6-7-19-14/h2-8,17H,9H2,1H3,(H,16,18). The number of H-pyrrole nitrogens is 1. The van der Waals surface area contributed by atoms with E-state index >= 15 is 0 Å². The Morgan fingerprint density at radius 2 is 2.05 bits per heavy atom. The molecule has 0 saturated carbocycles. The summed E-state index contributed by atoms with van der Waals surface area (Å²) in [6.45, 7) is 2.70. The second kappa shape index (κ2) is 5.24. The third-order valence-corrected chi connectivity index (χ3v) is 3.62. The first kappa shape index (κ1) is 11.9. The molecule has 0 aliphatic heterocycles. The Morgan fingerprint density at radius 3 is 2.68 bits per heavy atom. The Balaban J connectivity index is 1.66. The van der Waals surface area contributed by atoms with Gasteiger partial charge >= 0.3 is 0 Å². The van der Waals surface area contributed by atoms with Crippen molar-refractivity contribution in [3.8, 4) is 10.6 Å². The zero-order valence-corrected chi connectivity index (χ0v) is 11.4. The minimum absolute atomic E-state index is 0.747. The number of aromatic nitrogens is 3. The summed E-state index contributed by atoms with van der Waals surface area (Å²) in [4.78, 5) is 11.7. The Labute approximate surface area is 115 Å². The van der Waals surface area contributed by atoms with Gasteiger partial charge in [0.15, 0.2) is 0 Å². The van der Waals surface area contributed by atoms with E-state index < -0.39 is 0 Å². The smallest absolute Gasteiger partial charge is 0.123 e. The Hall–Kier alpha value is -2.14. The van der Waals surface area contributed by atoms with E-state index in [9.17, 15) is 0 Å². The maximum Gasteiger partial charge on any atom is 0.123 e. The SMILES string of the molecule is Cc1ncc(CNc2ccc(-c3nccs3)cc2)[nH]1. The van der Waals surface area contributed by atoms with Crippen LogP contribution < -0.4 is 5.32 Å². The third-order valence-electron chi connectivity index (χ3n) is 2.80. The van der Waals surface area contributed by atoms with Crippen LogP contribution in [0.15, 0.2) is 42.0 Å². The van der Waals surface area contributed by atoms with E-state index in [1.54, 1.807) is 11.3 Å². The Bertz CT molecular complexity index is 640. The predicted molar refractivity (Wildman–Crippen MR) is 78.2 cm³/mol. The molecule has 19 heavy (non-hydrogen) atoms. The molecule has 3 aromatic rings. The van der Waals surface area contributed by atoms with Crippen LogP contribution in [-0.4, -0.2) is 15.0 Å². The van der Waals surface area contributed by atoms with Crippen molar-refractivity contribution in [3.05, 3.63) is 53.6 Å². The summed E-state index contributed by atoms with van der Waals surface area (Å²) in [5.74, 6) is 0.941. The van der Waals surface area contributed by atoms with E-state index in [4.69, 9.17) is 0 Å². The monoisotopic (exact) mass is 270 g/mol. The first-order valence-electron chi connectivity index (χ1n) is 6.05. The summed E-state index contributed by atoms with van der Waals surface area (Å²) in [6.07, 6.45) is 3.68. The number of aromatic amines is 1. The van der Waals surface area contributed by atoms with Crippen LogP contribution in [0.1, 0.15) is 11.5 Å². The van der Waals surface area contributed by atoms with Gasteiger partial charge in [-0.05, 0) is 31.2 Å². The summed E-state index contributed by atoms with van der Waals surface area (Å²) in [5, 5.41) is 6.40. The minimum atomic E-state index is 0.747. The lowest BCUT2D eigenvalue weighted by molar-refractivity contribution is 1.05. The molecule has 0 aliphatic rings. The molecule has 2 N–H and O–H groups in total. The fourth-order valence-corrected chi connectivity index (χ4v) is 2.50. The highest BCUT2D eigenvalue weighted by Gasteiger charge is 2.01. The maximum atomic E-state index is 4.30. The molecule has 4 nitrogen and oxygen atoms in total. The van der Waals surface area contributed by atoms with Gasteiger partial charge in [0.2, 0.25) is 0 Å². The molecule has 2 aromatic heterocycles. The Morgan fingerprint density at radius 1 is 1.21 bits per heavy atom. The minimum Gasteiger partial charge on any atom is -0.379 e. The third kappa shape index (κ3) is 2.82. The van der Waals surface area contributed by atoms with Crippen molar-refractivity contribution in [1.82, 2.24) is 15.0 Å². The van der Waals surface area contributed by atoms with E-state index in [2.05, 4.69) is 44.5 Å². The van der Waals surface area contributed by atoms with Gasteiger partial charge in [-0.25, -0.2) is 9.97 Å². The van der Waals surface area contributed by atoms with Gasteiger partial charge in [0, 0.05) is 22.8 Å². The van der Waals surface area contributed by atoms with E-state index in [1.165, 1.54) is 0 Å². The maximum absolute atomic E-state index is 4.30. The summed E-state index contributed by atoms with van der Waals surface area (Å²) in [5.41, 5.74) is 3.33. The molecule has 0 amide bonds. The topological polar surface area (TPSA) is 53.6 Å². The van der Waals surface area contributed by atoms with Crippen LogP contribution in [0.2, 0.25) is 0 Å². The number of benzene rings is 1. The summed E-state index contributed by atoms with van der Waals surface area (Å²) < 4.78 is 0. The highest BCUT2D eigenvalue weighted by Crippen LogP contribution is 2.23. The van der Waals surface area contributed by atoms with Crippen molar-refractivity contribution in [2.45, 2.75) is 13.5 Å². The first-order valence-corrected chi connectivity index (χ1v) is 6.93. The van der Waals surface area contributed by atoms with E-state index in [1.807, 2.05) is 24.7 Å². The number of thiazole rings is 1. The van der Waals surface area contributed by atoms with E-state index in [0.29, 0.717) is 0 Å². The van der Waals surface area contributed by atoms with Crippen molar-refractivity contribution in [1.29, 1.82) is 0 Å². The molecule has 0 atom stereocenters. The van der Waals surface area contributed by atoms with Crippen molar-refractivity contribution < 1.29 is 0 Å². The number of nitrogens with one attached hydrogen (secondary N) is 2. The fraction of sp³-hybridized carbons (Fsp3) is 0.143. The summed E-state index contributed by atoms with van der Waals surface area (Å²) >= 11 is 1.65. The molecular weight excluding hydrogens is 256 g/mol. The molecule has 0 fully saturated rings. The average molecular weight is 270 g/mol. The molecule has 0 unspecified atom stereocenters. The fourth-order valence-electron chi connectivity index (χ4n) is 1.86. The molecule has 5 heteroatoms. The van der Waals surface area contributed by atoms with Gasteiger partial charge in [-0.3, -0.25) is 0 Å². The molecule has 1 aromatic carbocycles. The van der Waals surface area contributed by atoms with Crippen LogP contribution in [0.3, 0.4) is 0 Å². The largest absolute Gasteiger partial charge is 0.379 e. The summed E-state index contributed by atoms with van der Waals surface area (Å²) in [6, 6.07) is 8.30. The van der Waals surface area contributed by atoms with Crippen LogP contribution in [0, 0.1) is 6.92 Å². The van der Waals surface area contributed by atoms with Gasteiger partial charge in [-0.1, -0.05) is 0 Å². The molecule has 0 radical (unpaired) electrons. The van der Waals surface area contributed by atoms with Crippen molar-refractivity contribution in [2.24, 2.45) is 0 Å². The number of nitrogens with zero attached hydrogens (tertiary/aromatic N) is 2. The molecule has 3 rings (SSSR count). The molecular formula is C14H14N4S. The number of anilines is 1. The van der Waals surface area contributed by atoms with E-state index in [-0.39, 0.29) is 0 Å². The van der Waals surface area contributed by atoms with Gasteiger partial charge in [-0.15, -0.1) is 11.3 Å². The lowest BCUT2D eigenvalue weighted by atomic mass is 10.2. The normalized spacial score (nSPS) is 10.6. The van der Waals surface area contributed by atoms with E-state index in [0.717, 1.165) is 34.3 Å². The van der Waals surface area contributed by atoms with Crippen LogP contribution >= 0.6 is 11.3 Å². The van der Waals surface area contributed by atoms with Gasteiger partial charge in [-0.2, -0.15) is 0 Å². The number of imidazole rings is 1. The van der Waals surface area contributed by atoms with Crippen molar-refractivity contribution >= 4 is 17.0 Å². The highest BCUT2D eigenvalue weighted by molar-refractivity contribution is 7.13. The zero-order valence-electron chi connectivity index (χ0n) is 10.6. The molecule has 0 bridgehead atoms. The Kier molecular flexibility index (Phi) is 3.29. The lowest BCUT2D eigenvalue weighted by Crippen LogP contribution is -1.99. The van der Waals surface area contributed by atoms with Crippen LogP contribution in [0.5, 0.6) is 0 Å². The van der Waals surface area contributed by atoms with Crippen LogP contribution in [0.4, 0.5) is 5.69 Å². The number of rotatable bonds is 4. The number of hydrogen-bond donors (Lipinski definition) is 2. The number of hydrogen-bond acceptors (Lipinski definition) is 4. The molecule has 0 saturated heterocycles. The predicted octanol–water partition coefficient (Wildman–Crippen LogP) is 3.45. The van der Waals surface area contributed by atoms with Gasteiger partial charge < -0.3 is 10.3 Å². The van der Waals surface area contributed by atoms with Crippen LogP contribution in [0.25, 0.3) is 10.6 Å². The highest BCUT2D eigenvalue weighted by atomic mass is 32.1. The first-order chi connectivity index (χ1) is 9.31. The molecule has 96 valence electrons.